The van der Waals surface area contributed by atoms with Crippen LogP contribution in [0.25, 0.3) is 0 Å². The summed E-state index contributed by atoms with van der Waals surface area (Å²) in [5.41, 5.74) is 0.636. The Morgan fingerprint density at radius 3 is 3.00 bits per heavy atom. The van der Waals surface area contributed by atoms with E-state index in [1.54, 1.807) is 19.5 Å². The summed E-state index contributed by atoms with van der Waals surface area (Å²) in [7, 11) is 3.52. The van der Waals surface area contributed by atoms with Gasteiger partial charge in [0, 0.05) is 20.3 Å². The molecule has 0 saturated carbocycles. The molecule has 0 fully saturated rings. The third-order valence-electron chi connectivity index (χ3n) is 1.56. The Hall–Kier alpha value is -1.58. The molecule has 1 N–H and O–H groups in total. The first-order valence-electron chi connectivity index (χ1n) is 3.57. The van der Waals surface area contributed by atoms with Gasteiger partial charge in [0.25, 0.3) is 0 Å². The number of carbonyl (C=O) groups is 1. The number of rotatable bonds is 3. The summed E-state index contributed by atoms with van der Waals surface area (Å²) in [5, 5.41) is 2.90. The SMILES string of the molecule is CN=CNc1c(C=O)ccn1C. The van der Waals surface area contributed by atoms with Gasteiger partial charge in [-0.3, -0.25) is 9.79 Å². The highest BCUT2D eigenvalue weighted by molar-refractivity contribution is 5.88. The van der Waals surface area contributed by atoms with Gasteiger partial charge in [-0.05, 0) is 6.07 Å². The summed E-state index contributed by atoms with van der Waals surface area (Å²) >= 11 is 0. The molecule has 1 aromatic heterocycles. The maximum absolute atomic E-state index is 10.5. The fraction of sp³-hybridized carbons (Fsp3) is 0.250. The van der Waals surface area contributed by atoms with Crippen molar-refractivity contribution in [2.24, 2.45) is 12.0 Å². The van der Waals surface area contributed by atoms with Crippen LogP contribution in [-0.2, 0) is 7.05 Å². The molecule has 64 valence electrons. The molecule has 0 radical (unpaired) electrons. The third-order valence-corrected chi connectivity index (χ3v) is 1.56. The average molecular weight is 165 g/mol. The van der Waals surface area contributed by atoms with Crippen molar-refractivity contribution >= 4 is 18.4 Å². The van der Waals surface area contributed by atoms with E-state index in [0.29, 0.717) is 5.56 Å². The van der Waals surface area contributed by atoms with Crippen molar-refractivity contribution in [1.29, 1.82) is 0 Å². The quantitative estimate of drug-likeness (QED) is 0.411. The van der Waals surface area contributed by atoms with Crippen LogP contribution in [0.2, 0.25) is 0 Å². The first-order chi connectivity index (χ1) is 5.79. The summed E-state index contributed by atoms with van der Waals surface area (Å²) in [4.78, 5) is 14.3. The van der Waals surface area contributed by atoms with Gasteiger partial charge >= 0.3 is 0 Å². The lowest BCUT2D eigenvalue weighted by molar-refractivity contribution is 0.112. The summed E-state index contributed by atoms with van der Waals surface area (Å²) in [6.07, 6.45) is 4.17. The molecule has 0 bridgehead atoms. The Bertz CT molecular complexity index is 301. The van der Waals surface area contributed by atoms with Gasteiger partial charge in [0.15, 0.2) is 6.29 Å². The summed E-state index contributed by atoms with van der Waals surface area (Å²) in [6, 6.07) is 1.75. The molecule has 0 aliphatic carbocycles. The van der Waals surface area contributed by atoms with Crippen molar-refractivity contribution in [3.63, 3.8) is 0 Å². The van der Waals surface area contributed by atoms with Gasteiger partial charge in [-0.15, -0.1) is 0 Å². The van der Waals surface area contributed by atoms with E-state index >= 15 is 0 Å². The Morgan fingerprint density at radius 1 is 1.67 bits per heavy atom. The third kappa shape index (κ3) is 1.53. The van der Waals surface area contributed by atoms with E-state index in [1.807, 2.05) is 17.8 Å². The molecule has 0 atom stereocenters. The van der Waals surface area contributed by atoms with Crippen molar-refractivity contribution in [1.82, 2.24) is 4.57 Å². The van der Waals surface area contributed by atoms with E-state index in [1.165, 1.54) is 0 Å². The van der Waals surface area contributed by atoms with Gasteiger partial charge in [-0.25, -0.2) is 0 Å². The number of aryl methyl sites for hydroxylation is 1. The molecule has 4 heteroatoms. The van der Waals surface area contributed by atoms with Crippen LogP contribution < -0.4 is 5.32 Å². The van der Waals surface area contributed by atoms with Crippen LogP contribution in [0.1, 0.15) is 10.4 Å². The van der Waals surface area contributed by atoms with E-state index in [2.05, 4.69) is 10.3 Å². The number of carbonyl (C=O) groups excluding carboxylic acids is 1. The van der Waals surface area contributed by atoms with Gasteiger partial charge in [0.05, 0.1) is 11.9 Å². The molecule has 4 nitrogen and oxygen atoms in total. The number of aldehydes is 1. The number of nitrogens with zero attached hydrogens (tertiary/aromatic N) is 2. The second kappa shape index (κ2) is 3.71. The lowest BCUT2D eigenvalue weighted by atomic mass is 10.3. The fourth-order valence-electron chi connectivity index (χ4n) is 0.955. The van der Waals surface area contributed by atoms with Crippen molar-refractivity contribution in [2.45, 2.75) is 0 Å². The summed E-state index contributed by atoms with van der Waals surface area (Å²) in [5.74, 6) is 0.760. The zero-order valence-electron chi connectivity index (χ0n) is 7.11. The Balaban J connectivity index is 2.93. The van der Waals surface area contributed by atoms with E-state index in [4.69, 9.17) is 0 Å². The number of nitrogens with one attached hydrogen (secondary N) is 1. The van der Waals surface area contributed by atoms with Crippen LogP contribution in [0.15, 0.2) is 17.3 Å². The minimum atomic E-state index is 0.636. The molecule has 1 aromatic rings. The van der Waals surface area contributed by atoms with E-state index in [-0.39, 0.29) is 0 Å². The maximum atomic E-state index is 10.5. The lowest BCUT2D eigenvalue weighted by Crippen LogP contribution is -2.02. The van der Waals surface area contributed by atoms with Gasteiger partial charge in [-0.2, -0.15) is 0 Å². The molecule has 12 heavy (non-hydrogen) atoms. The second-order valence-corrected chi connectivity index (χ2v) is 2.38. The standard InChI is InChI=1S/C8H11N3O/c1-9-6-10-8-7(5-12)3-4-11(8)2/h3-6H,1-2H3,(H,9,10). The molecule has 0 unspecified atom stereocenters. The normalized spacial score (nSPS) is 10.5. The highest BCUT2D eigenvalue weighted by atomic mass is 16.1. The predicted molar refractivity (Wildman–Crippen MR) is 48.8 cm³/mol. The molecular formula is C8H11N3O. The predicted octanol–water partition coefficient (Wildman–Crippen LogP) is 0.908. The first kappa shape index (κ1) is 8.52. The monoisotopic (exact) mass is 165 g/mol. The van der Waals surface area contributed by atoms with Crippen LogP contribution in [-0.4, -0.2) is 24.2 Å². The molecule has 0 aromatic carbocycles. The highest BCUT2D eigenvalue weighted by Crippen LogP contribution is 2.12. The molecule has 0 spiro atoms. The highest BCUT2D eigenvalue weighted by Gasteiger charge is 2.02. The summed E-state index contributed by atoms with van der Waals surface area (Å²) < 4.78 is 1.82. The zero-order chi connectivity index (χ0) is 8.97. The van der Waals surface area contributed by atoms with Crippen molar-refractivity contribution in [3.8, 4) is 0 Å². The molecule has 0 aliphatic rings. The number of hydrogen-bond acceptors (Lipinski definition) is 2. The minimum Gasteiger partial charge on any atom is -0.337 e. The molecule has 0 amide bonds. The van der Waals surface area contributed by atoms with E-state index in [9.17, 15) is 4.79 Å². The minimum absolute atomic E-state index is 0.636. The molecule has 1 rings (SSSR count). The largest absolute Gasteiger partial charge is 0.337 e. The van der Waals surface area contributed by atoms with Crippen LogP contribution in [0, 0.1) is 0 Å². The van der Waals surface area contributed by atoms with Crippen molar-refractivity contribution in [2.75, 3.05) is 12.4 Å². The van der Waals surface area contributed by atoms with E-state index in [0.717, 1.165) is 12.1 Å². The van der Waals surface area contributed by atoms with Crippen molar-refractivity contribution < 1.29 is 4.79 Å². The van der Waals surface area contributed by atoms with Crippen LogP contribution in [0.3, 0.4) is 0 Å². The summed E-state index contributed by atoms with van der Waals surface area (Å²) in [6.45, 7) is 0. The Kier molecular flexibility index (Phi) is 2.63. The van der Waals surface area contributed by atoms with Gasteiger partial charge in [0.1, 0.15) is 5.82 Å². The van der Waals surface area contributed by atoms with Gasteiger partial charge in [0.2, 0.25) is 0 Å². The first-order valence-corrected chi connectivity index (χ1v) is 3.57. The number of anilines is 1. The van der Waals surface area contributed by atoms with Gasteiger partial charge < -0.3 is 9.88 Å². The second-order valence-electron chi connectivity index (χ2n) is 2.38. The molecule has 1 heterocycles. The molecule has 0 aliphatic heterocycles. The zero-order valence-corrected chi connectivity index (χ0v) is 7.11. The molecular weight excluding hydrogens is 154 g/mol. The van der Waals surface area contributed by atoms with Crippen molar-refractivity contribution in [3.05, 3.63) is 17.8 Å². The molecule has 0 saturated heterocycles. The average Bonchev–Trinajstić information content (AvgIpc) is 2.43. The van der Waals surface area contributed by atoms with Crippen LogP contribution >= 0.6 is 0 Å². The number of aliphatic imine (C=N–C) groups is 1. The van der Waals surface area contributed by atoms with Crippen LogP contribution in [0.4, 0.5) is 5.82 Å². The Labute approximate surface area is 70.9 Å². The number of hydrogen-bond donors (Lipinski definition) is 1. The fourth-order valence-corrected chi connectivity index (χ4v) is 0.955. The lowest BCUT2D eigenvalue weighted by Gasteiger charge is -2.01. The maximum Gasteiger partial charge on any atom is 0.153 e. The van der Waals surface area contributed by atoms with Gasteiger partial charge in [-0.1, -0.05) is 0 Å². The van der Waals surface area contributed by atoms with E-state index < -0.39 is 0 Å². The van der Waals surface area contributed by atoms with Crippen LogP contribution in [0.5, 0.6) is 0 Å². The number of aromatic nitrogens is 1. The Morgan fingerprint density at radius 2 is 2.42 bits per heavy atom. The smallest absolute Gasteiger partial charge is 0.153 e. The topological polar surface area (TPSA) is 46.4 Å².